The first kappa shape index (κ1) is 17.4. The summed E-state index contributed by atoms with van der Waals surface area (Å²) in [4.78, 5) is 12.9. The van der Waals surface area contributed by atoms with Gasteiger partial charge in [-0.25, -0.2) is 13.1 Å². The number of amides is 1. The lowest BCUT2D eigenvalue weighted by molar-refractivity contribution is -0.128. The summed E-state index contributed by atoms with van der Waals surface area (Å²) in [5, 5.41) is 6.44. The van der Waals surface area contributed by atoms with Gasteiger partial charge >= 0.3 is 0 Å². The van der Waals surface area contributed by atoms with Gasteiger partial charge in [0.25, 0.3) is 0 Å². The molecule has 0 bridgehead atoms. The molecular weight excluding hydrogens is 326 g/mol. The van der Waals surface area contributed by atoms with Crippen molar-refractivity contribution in [2.24, 2.45) is 11.3 Å². The van der Waals surface area contributed by atoms with Crippen molar-refractivity contribution in [3.05, 3.63) is 29.8 Å². The Kier molecular flexibility index (Phi) is 4.94. The van der Waals surface area contributed by atoms with Crippen molar-refractivity contribution >= 4 is 21.6 Å². The van der Waals surface area contributed by atoms with E-state index in [4.69, 9.17) is 0 Å². The Balaban J connectivity index is 1.64. The van der Waals surface area contributed by atoms with E-state index in [0.29, 0.717) is 5.92 Å². The van der Waals surface area contributed by atoms with Gasteiger partial charge < -0.3 is 10.6 Å². The highest BCUT2D eigenvalue weighted by Crippen LogP contribution is 2.44. The number of benzene rings is 1. The molecule has 3 rings (SSSR count). The van der Waals surface area contributed by atoms with E-state index in [0.717, 1.165) is 49.9 Å². The maximum absolute atomic E-state index is 12.9. The zero-order valence-corrected chi connectivity index (χ0v) is 14.8. The number of carbonyl (C=O) groups excluding carboxylic acids is 1. The number of nitrogens with one attached hydrogen (secondary N) is 3. The highest BCUT2D eigenvalue weighted by Gasteiger charge is 2.49. The SMILES string of the molecule is CS(=O)(=O)NCc1ccc(NC(=O)[C@@]23CCCC[C@H]2CNC3)cc1. The summed E-state index contributed by atoms with van der Waals surface area (Å²) in [7, 11) is -3.20. The molecule has 1 aromatic carbocycles. The summed E-state index contributed by atoms with van der Waals surface area (Å²) in [5.41, 5.74) is 1.35. The van der Waals surface area contributed by atoms with Gasteiger partial charge in [-0.05, 0) is 43.0 Å². The van der Waals surface area contributed by atoms with E-state index in [1.165, 1.54) is 6.42 Å². The van der Waals surface area contributed by atoms with E-state index in [1.807, 2.05) is 24.3 Å². The summed E-state index contributed by atoms with van der Waals surface area (Å²) in [6, 6.07) is 7.31. The summed E-state index contributed by atoms with van der Waals surface area (Å²) in [6.07, 6.45) is 5.53. The lowest BCUT2D eigenvalue weighted by Crippen LogP contribution is -2.44. The van der Waals surface area contributed by atoms with Crippen molar-refractivity contribution in [2.45, 2.75) is 32.2 Å². The van der Waals surface area contributed by atoms with Crippen molar-refractivity contribution in [3.63, 3.8) is 0 Å². The Morgan fingerprint density at radius 2 is 2.04 bits per heavy atom. The highest BCUT2D eigenvalue weighted by molar-refractivity contribution is 7.88. The van der Waals surface area contributed by atoms with Crippen LogP contribution in [-0.4, -0.2) is 33.7 Å². The topological polar surface area (TPSA) is 87.3 Å². The predicted molar refractivity (Wildman–Crippen MR) is 94.0 cm³/mol. The third kappa shape index (κ3) is 3.79. The Morgan fingerprint density at radius 3 is 2.75 bits per heavy atom. The molecule has 1 heterocycles. The smallest absolute Gasteiger partial charge is 0.232 e. The molecule has 1 aliphatic heterocycles. The molecule has 6 nitrogen and oxygen atoms in total. The van der Waals surface area contributed by atoms with E-state index >= 15 is 0 Å². The van der Waals surface area contributed by atoms with Gasteiger partial charge in [0.05, 0.1) is 11.7 Å². The maximum Gasteiger partial charge on any atom is 0.232 e. The van der Waals surface area contributed by atoms with Crippen LogP contribution in [0.15, 0.2) is 24.3 Å². The van der Waals surface area contributed by atoms with Crippen LogP contribution in [0.5, 0.6) is 0 Å². The van der Waals surface area contributed by atoms with Crippen LogP contribution in [0.4, 0.5) is 5.69 Å². The molecule has 24 heavy (non-hydrogen) atoms. The van der Waals surface area contributed by atoms with Gasteiger partial charge in [0, 0.05) is 18.8 Å². The summed E-state index contributed by atoms with van der Waals surface area (Å²) >= 11 is 0. The van der Waals surface area contributed by atoms with Crippen molar-refractivity contribution in [2.75, 3.05) is 24.7 Å². The molecule has 2 aliphatic rings. The van der Waals surface area contributed by atoms with Crippen molar-refractivity contribution in [3.8, 4) is 0 Å². The first-order valence-corrected chi connectivity index (χ1v) is 10.3. The van der Waals surface area contributed by atoms with E-state index in [1.54, 1.807) is 0 Å². The minimum Gasteiger partial charge on any atom is -0.326 e. The fourth-order valence-electron chi connectivity index (χ4n) is 3.87. The third-order valence-electron chi connectivity index (χ3n) is 5.24. The van der Waals surface area contributed by atoms with Crippen molar-refractivity contribution in [1.29, 1.82) is 0 Å². The molecule has 132 valence electrons. The average Bonchev–Trinajstić information content (AvgIpc) is 2.99. The predicted octanol–water partition coefficient (Wildman–Crippen LogP) is 1.45. The minimum atomic E-state index is -3.20. The number of rotatable bonds is 5. The number of hydrogen-bond acceptors (Lipinski definition) is 4. The van der Waals surface area contributed by atoms with E-state index in [-0.39, 0.29) is 17.9 Å². The van der Waals surface area contributed by atoms with Crippen LogP contribution >= 0.6 is 0 Å². The number of anilines is 1. The molecule has 1 saturated carbocycles. The zero-order valence-electron chi connectivity index (χ0n) is 14.0. The quantitative estimate of drug-likeness (QED) is 0.749. The largest absolute Gasteiger partial charge is 0.326 e. The van der Waals surface area contributed by atoms with Crippen molar-refractivity contribution < 1.29 is 13.2 Å². The van der Waals surface area contributed by atoms with Gasteiger partial charge in [-0.1, -0.05) is 25.0 Å². The minimum absolute atomic E-state index is 0.110. The molecule has 2 fully saturated rings. The summed E-state index contributed by atoms with van der Waals surface area (Å²) in [5.74, 6) is 0.545. The van der Waals surface area contributed by atoms with Gasteiger partial charge in [0.15, 0.2) is 0 Å². The average molecular weight is 351 g/mol. The van der Waals surface area contributed by atoms with Gasteiger partial charge in [0.1, 0.15) is 0 Å². The molecule has 1 amide bonds. The van der Waals surface area contributed by atoms with Crippen LogP contribution in [-0.2, 0) is 21.4 Å². The monoisotopic (exact) mass is 351 g/mol. The van der Waals surface area contributed by atoms with Gasteiger partial charge in [-0.3, -0.25) is 4.79 Å². The molecule has 0 spiro atoms. The molecule has 1 saturated heterocycles. The molecule has 0 unspecified atom stereocenters. The zero-order chi connectivity index (χ0) is 17.2. The lowest BCUT2D eigenvalue weighted by Gasteiger charge is -2.37. The lowest BCUT2D eigenvalue weighted by atomic mass is 9.67. The van der Waals surface area contributed by atoms with Gasteiger partial charge in [0.2, 0.25) is 15.9 Å². The first-order valence-electron chi connectivity index (χ1n) is 8.45. The molecule has 3 N–H and O–H groups in total. The molecule has 1 aliphatic carbocycles. The van der Waals surface area contributed by atoms with Crippen LogP contribution in [0.1, 0.15) is 31.2 Å². The molecule has 7 heteroatoms. The maximum atomic E-state index is 12.9. The first-order chi connectivity index (χ1) is 11.4. The van der Waals surface area contributed by atoms with Crippen LogP contribution in [0.3, 0.4) is 0 Å². The van der Waals surface area contributed by atoms with Crippen LogP contribution in [0.25, 0.3) is 0 Å². The van der Waals surface area contributed by atoms with Crippen LogP contribution in [0, 0.1) is 11.3 Å². The highest BCUT2D eigenvalue weighted by atomic mass is 32.2. The van der Waals surface area contributed by atoms with E-state index in [9.17, 15) is 13.2 Å². The Bertz CT molecular complexity index is 702. The standard InChI is InChI=1S/C17H25N3O3S/c1-24(22,23)19-10-13-5-7-15(8-6-13)20-16(21)17-9-3-2-4-14(17)11-18-12-17/h5-8,14,18-19H,2-4,9-12H2,1H3,(H,20,21)/t14-,17+/m0/s1. The molecular formula is C17H25N3O3S. The van der Waals surface area contributed by atoms with Crippen LogP contribution < -0.4 is 15.4 Å². The summed E-state index contributed by atoms with van der Waals surface area (Å²) in [6.45, 7) is 1.95. The van der Waals surface area contributed by atoms with Crippen LogP contribution in [0.2, 0.25) is 0 Å². The van der Waals surface area contributed by atoms with Gasteiger partial charge in [-0.2, -0.15) is 0 Å². The number of sulfonamides is 1. The Hall–Kier alpha value is -1.44. The Morgan fingerprint density at radius 1 is 1.29 bits per heavy atom. The molecule has 0 radical (unpaired) electrons. The molecule has 1 aromatic rings. The van der Waals surface area contributed by atoms with E-state index in [2.05, 4.69) is 15.4 Å². The third-order valence-corrected chi connectivity index (χ3v) is 5.91. The number of hydrogen-bond donors (Lipinski definition) is 3. The second-order valence-electron chi connectivity index (χ2n) is 6.97. The number of carbonyl (C=O) groups is 1. The molecule has 0 aromatic heterocycles. The second kappa shape index (κ2) is 6.82. The molecule has 2 atom stereocenters. The second-order valence-corrected chi connectivity index (χ2v) is 8.81. The van der Waals surface area contributed by atoms with Gasteiger partial charge in [-0.15, -0.1) is 0 Å². The fraction of sp³-hybridized carbons (Fsp3) is 0.588. The van der Waals surface area contributed by atoms with Crippen molar-refractivity contribution in [1.82, 2.24) is 10.0 Å². The Labute approximate surface area is 143 Å². The normalized spacial score (nSPS) is 26.8. The van der Waals surface area contributed by atoms with E-state index < -0.39 is 10.0 Å². The fourth-order valence-corrected chi connectivity index (χ4v) is 4.30. The number of fused-ring (bicyclic) bond motifs is 1. The summed E-state index contributed by atoms with van der Waals surface area (Å²) < 4.78 is 24.7.